The van der Waals surface area contributed by atoms with E-state index >= 15 is 0 Å². The summed E-state index contributed by atoms with van der Waals surface area (Å²) in [5, 5.41) is 3.33. The van der Waals surface area contributed by atoms with Crippen LogP contribution in [0.1, 0.15) is 27.2 Å². The van der Waals surface area contributed by atoms with Gasteiger partial charge >= 0.3 is 0 Å². The van der Waals surface area contributed by atoms with Crippen molar-refractivity contribution in [3.05, 3.63) is 0 Å². The third kappa shape index (κ3) is 1.78. The lowest BCUT2D eigenvalue weighted by Crippen LogP contribution is -2.44. The zero-order valence-corrected chi connectivity index (χ0v) is 8.05. The Kier molecular flexibility index (Phi) is 2.42. The van der Waals surface area contributed by atoms with Crippen LogP contribution in [0.5, 0.6) is 0 Å². The van der Waals surface area contributed by atoms with Crippen LogP contribution >= 0.6 is 0 Å². The molecule has 1 aliphatic rings. The number of nitrogens with two attached hydrogens (primary N) is 1. The Morgan fingerprint density at radius 2 is 2.08 bits per heavy atom. The van der Waals surface area contributed by atoms with E-state index in [1.807, 2.05) is 0 Å². The second-order valence-electron chi connectivity index (χ2n) is 4.60. The summed E-state index contributed by atoms with van der Waals surface area (Å²) >= 11 is 0. The normalized spacial score (nSPS) is 30.6. The summed E-state index contributed by atoms with van der Waals surface area (Å²) in [7, 11) is 0. The lowest BCUT2D eigenvalue weighted by molar-refractivity contribution is -0.122. The summed E-state index contributed by atoms with van der Waals surface area (Å²) in [6, 6.07) is 0.245. The fraction of sp³-hybridized carbons (Fsp3) is 0.889. The average Bonchev–Trinajstić information content (AvgIpc) is 2.30. The first-order valence-corrected chi connectivity index (χ1v) is 4.45. The first-order valence-electron chi connectivity index (χ1n) is 4.45. The van der Waals surface area contributed by atoms with Crippen molar-refractivity contribution >= 4 is 5.91 Å². The zero-order valence-electron chi connectivity index (χ0n) is 8.05. The molecule has 0 bridgehead atoms. The van der Waals surface area contributed by atoms with Crippen molar-refractivity contribution in [2.24, 2.45) is 17.1 Å². The van der Waals surface area contributed by atoms with E-state index < -0.39 is 0 Å². The van der Waals surface area contributed by atoms with E-state index in [0.29, 0.717) is 0 Å². The third-order valence-corrected chi connectivity index (χ3v) is 2.52. The van der Waals surface area contributed by atoms with Crippen molar-refractivity contribution in [2.45, 2.75) is 33.2 Å². The van der Waals surface area contributed by atoms with Gasteiger partial charge in [0.15, 0.2) is 0 Å². The van der Waals surface area contributed by atoms with Crippen LogP contribution in [0.4, 0.5) is 0 Å². The Morgan fingerprint density at radius 1 is 1.50 bits per heavy atom. The Hall–Kier alpha value is -0.570. The topological polar surface area (TPSA) is 55.1 Å². The van der Waals surface area contributed by atoms with Gasteiger partial charge in [0.2, 0.25) is 5.91 Å². The van der Waals surface area contributed by atoms with Crippen molar-refractivity contribution in [3.63, 3.8) is 0 Å². The van der Waals surface area contributed by atoms with Crippen molar-refractivity contribution < 1.29 is 4.79 Å². The highest BCUT2D eigenvalue weighted by atomic mass is 16.1. The van der Waals surface area contributed by atoms with Crippen LogP contribution < -0.4 is 11.1 Å². The summed E-state index contributed by atoms with van der Waals surface area (Å²) < 4.78 is 0. The molecule has 0 aromatic carbocycles. The molecule has 2 atom stereocenters. The number of carbonyl (C=O) groups excluding carboxylic acids is 1. The molecule has 0 aromatic rings. The first-order chi connectivity index (χ1) is 5.43. The van der Waals surface area contributed by atoms with E-state index in [0.717, 1.165) is 13.0 Å². The van der Waals surface area contributed by atoms with Gasteiger partial charge < -0.3 is 11.1 Å². The van der Waals surface area contributed by atoms with Crippen molar-refractivity contribution in [1.82, 2.24) is 5.32 Å². The quantitative estimate of drug-likeness (QED) is 0.602. The van der Waals surface area contributed by atoms with Crippen LogP contribution in [0.2, 0.25) is 0 Å². The summed E-state index contributed by atoms with van der Waals surface area (Å²) in [4.78, 5) is 11.0. The Morgan fingerprint density at radius 3 is 2.42 bits per heavy atom. The molecule has 0 spiro atoms. The highest BCUT2D eigenvalue weighted by molar-refractivity contribution is 5.77. The molecule has 1 fully saturated rings. The zero-order chi connectivity index (χ0) is 9.35. The maximum absolute atomic E-state index is 11.0. The smallest absolute Gasteiger partial charge is 0.222 e. The van der Waals surface area contributed by atoms with Gasteiger partial charge in [0.05, 0.1) is 5.92 Å². The minimum atomic E-state index is -0.167. The molecule has 3 N–H and O–H groups in total. The van der Waals surface area contributed by atoms with E-state index in [1.54, 1.807) is 0 Å². The Labute approximate surface area is 73.7 Å². The van der Waals surface area contributed by atoms with Crippen molar-refractivity contribution in [3.8, 4) is 0 Å². The molecule has 0 saturated carbocycles. The summed E-state index contributed by atoms with van der Waals surface area (Å²) in [5.74, 6) is -0.148. The molecule has 0 aromatic heterocycles. The summed E-state index contributed by atoms with van der Waals surface area (Å²) in [5.41, 5.74) is 5.43. The summed E-state index contributed by atoms with van der Waals surface area (Å²) in [6.45, 7) is 7.30. The number of nitrogens with one attached hydrogen (secondary N) is 1. The van der Waals surface area contributed by atoms with Gasteiger partial charge in [-0.3, -0.25) is 4.79 Å². The van der Waals surface area contributed by atoms with E-state index in [1.165, 1.54) is 0 Å². The lowest BCUT2D eigenvalue weighted by atomic mass is 9.80. The van der Waals surface area contributed by atoms with Gasteiger partial charge in [0, 0.05) is 6.04 Å². The predicted molar refractivity (Wildman–Crippen MR) is 48.5 cm³/mol. The highest BCUT2D eigenvalue weighted by Crippen LogP contribution is 2.30. The van der Waals surface area contributed by atoms with Crippen LogP contribution in [0.25, 0.3) is 0 Å². The predicted octanol–water partition coefficient (Wildman–Crippen LogP) is 0.496. The third-order valence-electron chi connectivity index (χ3n) is 2.52. The van der Waals surface area contributed by atoms with Gasteiger partial charge in [-0.05, 0) is 18.4 Å². The van der Waals surface area contributed by atoms with Crippen LogP contribution in [0.15, 0.2) is 0 Å². The molecule has 1 rings (SSSR count). The highest BCUT2D eigenvalue weighted by Gasteiger charge is 2.38. The van der Waals surface area contributed by atoms with E-state index in [9.17, 15) is 4.79 Å². The standard InChI is InChI=1S/C9H18N2O/c1-9(2,3)7-6(8(10)12)4-5-11-7/h6-7,11H,4-5H2,1-3H3,(H2,10,12). The number of carbonyl (C=O) groups is 1. The van der Waals surface area contributed by atoms with Crippen LogP contribution in [-0.2, 0) is 4.79 Å². The fourth-order valence-corrected chi connectivity index (χ4v) is 1.92. The molecule has 1 heterocycles. The van der Waals surface area contributed by atoms with E-state index in [2.05, 4.69) is 26.1 Å². The second kappa shape index (κ2) is 3.05. The molecule has 70 valence electrons. The average molecular weight is 170 g/mol. The number of hydrogen-bond donors (Lipinski definition) is 2. The molecule has 1 saturated heterocycles. The molecule has 3 nitrogen and oxygen atoms in total. The maximum atomic E-state index is 11.0. The van der Waals surface area contributed by atoms with Crippen molar-refractivity contribution in [2.75, 3.05) is 6.54 Å². The van der Waals surface area contributed by atoms with Gasteiger partial charge in [0.1, 0.15) is 0 Å². The van der Waals surface area contributed by atoms with Crippen LogP contribution in [0, 0.1) is 11.3 Å². The second-order valence-corrected chi connectivity index (χ2v) is 4.60. The number of rotatable bonds is 1. The van der Waals surface area contributed by atoms with Gasteiger partial charge in [-0.25, -0.2) is 0 Å². The van der Waals surface area contributed by atoms with Gasteiger partial charge in [0.25, 0.3) is 0 Å². The monoisotopic (exact) mass is 170 g/mol. The van der Waals surface area contributed by atoms with Gasteiger partial charge in [-0.1, -0.05) is 20.8 Å². The molecule has 12 heavy (non-hydrogen) atoms. The Balaban J connectivity index is 2.71. The largest absolute Gasteiger partial charge is 0.369 e. The van der Waals surface area contributed by atoms with E-state index in [4.69, 9.17) is 5.73 Å². The molecular weight excluding hydrogens is 152 g/mol. The minimum absolute atomic E-state index is 0.0185. The molecule has 0 radical (unpaired) electrons. The summed E-state index contributed by atoms with van der Waals surface area (Å²) in [6.07, 6.45) is 0.886. The Bertz CT molecular complexity index is 183. The molecule has 1 aliphatic heterocycles. The van der Waals surface area contributed by atoms with Gasteiger partial charge in [-0.2, -0.15) is 0 Å². The number of hydrogen-bond acceptors (Lipinski definition) is 2. The molecule has 1 amide bonds. The fourth-order valence-electron chi connectivity index (χ4n) is 1.92. The van der Waals surface area contributed by atoms with Crippen LogP contribution in [-0.4, -0.2) is 18.5 Å². The molecular formula is C9H18N2O. The van der Waals surface area contributed by atoms with Gasteiger partial charge in [-0.15, -0.1) is 0 Å². The number of amides is 1. The van der Waals surface area contributed by atoms with Crippen LogP contribution in [0.3, 0.4) is 0 Å². The van der Waals surface area contributed by atoms with Crippen molar-refractivity contribution in [1.29, 1.82) is 0 Å². The van der Waals surface area contributed by atoms with E-state index in [-0.39, 0.29) is 23.3 Å². The molecule has 0 aliphatic carbocycles. The molecule has 2 unspecified atom stereocenters. The lowest BCUT2D eigenvalue weighted by Gasteiger charge is -2.30. The molecule has 3 heteroatoms. The minimum Gasteiger partial charge on any atom is -0.369 e. The SMILES string of the molecule is CC(C)(C)C1NCCC1C(N)=O. The first kappa shape index (κ1) is 9.52. The number of primary amides is 1. The maximum Gasteiger partial charge on any atom is 0.222 e.